The first-order chi connectivity index (χ1) is 15.6. The van der Waals surface area contributed by atoms with Gasteiger partial charge in [0.25, 0.3) is 0 Å². The Hall–Kier alpha value is -3.36. The number of amides is 1. The molecule has 0 atom stereocenters. The molecular weight excluding hydrogens is 435 g/mol. The number of aryl methyl sites for hydroxylation is 1. The van der Waals surface area contributed by atoms with Crippen molar-refractivity contribution in [2.45, 2.75) is 46.0 Å². The van der Waals surface area contributed by atoms with Crippen LogP contribution in [0.5, 0.6) is 0 Å². The standard InChI is InChI=1S/C24H24F3N3O3/c1-3-29(23(33)15-5-6-15)12-16-11-17(24(25,26)27)7-8-18(16)22-19-10-14(2)4-9-20(19)30(28-22)13-21(31)32/h4,7-11,15H,3,5-6,12-13H2,1-2H3,(H,31,32). The van der Waals surface area contributed by atoms with E-state index in [0.717, 1.165) is 30.5 Å². The van der Waals surface area contributed by atoms with Crippen LogP contribution in [-0.2, 0) is 28.9 Å². The minimum absolute atomic E-state index is 0.0180. The zero-order valence-electron chi connectivity index (χ0n) is 18.3. The van der Waals surface area contributed by atoms with Crippen LogP contribution in [0.2, 0.25) is 0 Å². The van der Waals surface area contributed by atoms with E-state index in [1.807, 2.05) is 19.1 Å². The lowest BCUT2D eigenvalue weighted by Crippen LogP contribution is -2.31. The molecule has 1 heterocycles. The van der Waals surface area contributed by atoms with Gasteiger partial charge in [-0.05, 0) is 56.5 Å². The van der Waals surface area contributed by atoms with Crippen LogP contribution in [0.3, 0.4) is 0 Å². The number of fused-ring (bicyclic) bond motifs is 1. The summed E-state index contributed by atoms with van der Waals surface area (Å²) in [6, 6.07) is 8.84. The molecule has 1 aliphatic carbocycles. The van der Waals surface area contributed by atoms with Crippen molar-refractivity contribution >= 4 is 22.8 Å². The van der Waals surface area contributed by atoms with Crippen molar-refractivity contribution in [2.75, 3.05) is 6.54 Å². The highest BCUT2D eigenvalue weighted by Gasteiger charge is 2.35. The summed E-state index contributed by atoms with van der Waals surface area (Å²) >= 11 is 0. The van der Waals surface area contributed by atoms with E-state index in [9.17, 15) is 27.9 Å². The molecule has 0 aliphatic heterocycles. The van der Waals surface area contributed by atoms with Crippen molar-refractivity contribution < 1.29 is 27.9 Å². The fraction of sp³-hybridized carbons (Fsp3) is 0.375. The fourth-order valence-corrected chi connectivity index (χ4v) is 4.01. The lowest BCUT2D eigenvalue weighted by Gasteiger charge is -2.23. The molecule has 33 heavy (non-hydrogen) atoms. The van der Waals surface area contributed by atoms with Crippen molar-refractivity contribution in [2.24, 2.45) is 5.92 Å². The minimum atomic E-state index is -4.54. The molecule has 1 fully saturated rings. The van der Waals surface area contributed by atoms with Gasteiger partial charge in [0.1, 0.15) is 12.2 Å². The van der Waals surface area contributed by atoms with Gasteiger partial charge in [-0.2, -0.15) is 18.3 Å². The highest BCUT2D eigenvalue weighted by molar-refractivity contribution is 5.95. The molecule has 1 amide bonds. The molecule has 1 aliphatic rings. The van der Waals surface area contributed by atoms with Crippen molar-refractivity contribution in [1.82, 2.24) is 14.7 Å². The van der Waals surface area contributed by atoms with Gasteiger partial charge in [-0.15, -0.1) is 0 Å². The van der Waals surface area contributed by atoms with Crippen molar-refractivity contribution in [3.63, 3.8) is 0 Å². The lowest BCUT2D eigenvalue weighted by atomic mass is 9.97. The number of benzene rings is 2. The summed E-state index contributed by atoms with van der Waals surface area (Å²) < 4.78 is 41.9. The van der Waals surface area contributed by atoms with E-state index in [1.54, 1.807) is 17.9 Å². The normalized spacial score (nSPS) is 14.0. The second-order valence-electron chi connectivity index (χ2n) is 8.42. The predicted octanol–water partition coefficient (Wildman–Crippen LogP) is 4.87. The number of carbonyl (C=O) groups excluding carboxylic acids is 1. The first-order valence-electron chi connectivity index (χ1n) is 10.8. The highest BCUT2D eigenvalue weighted by atomic mass is 19.4. The number of aromatic nitrogens is 2. The first kappa shape index (κ1) is 22.8. The van der Waals surface area contributed by atoms with E-state index in [-0.39, 0.29) is 24.9 Å². The Morgan fingerprint density at radius 1 is 1.18 bits per heavy atom. The smallest absolute Gasteiger partial charge is 0.416 e. The average Bonchev–Trinajstić information content (AvgIpc) is 3.54. The summed E-state index contributed by atoms with van der Waals surface area (Å²) in [6.45, 7) is 3.69. The summed E-state index contributed by atoms with van der Waals surface area (Å²) in [5.74, 6) is -1.19. The molecule has 3 aromatic rings. The third-order valence-corrected chi connectivity index (χ3v) is 5.86. The van der Waals surface area contributed by atoms with Gasteiger partial charge in [0.2, 0.25) is 5.91 Å². The Balaban J connectivity index is 1.88. The van der Waals surface area contributed by atoms with Crippen LogP contribution in [0.1, 0.15) is 36.5 Å². The van der Waals surface area contributed by atoms with E-state index >= 15 is 0 Å². The number of carboxylic acids is 1. The second kappa shape index (κ2) is 8.53. The van der Waals surface area contributed by atoms with Gasteiger partial charge in [0, 0.05) is 30.0 Å². The molecule has 0 saturated heterocycles. The molecule has 0 spiro atoms. The topological polar surface area (TPSA) is 75.4 Å². The van der Waals surface area contributed by atoms with Crippen LogP contribution in [0, 0.1) is 12.8 Å². The Labute approximate surface area is 188 Å². The molecule has 1 saturated carbocycles. The molecule has 6 nitrogen and oxygen atoms in total. The van der Waals surface area contributed by atoms with E-state index in [2.05, 4.69) is 5.10 Å². The Morgan fingerprint density at radius 3 is 2.52 bits per heavy atom. The number of aliphatic carboxylic acids is 1. The number of rotatable bonds is 7. The van der Waals surface area contributed by atoms with Crippen molar-refractivity contribution in [1.29, 1.82) is 0 Å². The van der Waals surface area contributed by atoms with Gasteiger partial charge < -0.3 is 10.0 Å². The maximum Gasteiger partial charge on any atom is 0.416 e. The van der Waals surface area contributed by atoms with E-state index in [4.69, 9.17) is 0 Å². The van der Waals surface area contributed by atoms with Crippen LogP contribution in [0.4, 0.5) is 13.2 Å². The average molecular weight is 459 g/mol. The van der Waals surface area contributed by atoms with E-state index in [0.29, 0.717) is 34.3 Å². The van der Waals surface area contributed by atoms with Crippen LogP contribution >= 0.6 is 0 Å². The van der Waals surface area contributed by atoms with Crippen LogP contribution in [0.15, 0.2) is 36.4 Å². The highest BCUT2D eigenvalue weighted by Crippen LogP contribution is 2.37. The van der Waals surface area contributed by atoms with Crippen molar-refractivity contribution in [3.8, 4) is 11.3 Å². The largest absolute Gasteiger partial charge is 0.480 e. The zero-order chi connectivity index (χ0) is 23.9. The van der Waals surface area contributed by atoms with Crippen LogP contribution < -0.4 is 0 Å². The summed E-state index contributed by atoms with van der Waals surface area (Å²) in [6.07, 6.45) is -2.94. The third-order valence-electron chi connectivity index (χ3n) is 5.86. The van der Waals surface area contributed by atoms with Crippen LogP contribution in [0.25, 0.3) is 22.2 Å². The molecular formula is C24H24F3N3O3. The number of alkyl halides is 3. The molecule has 4 rings (SSSR count). The Kier molecular flexibility index (Phi) is 5.90. The summed E-state index contributed by atoms with van der Waals surface area (Å²) in [7, 11) is 0. The number of hydrogen-bond donors (Lipinski definition) is 1. The van der Waals surface area contributed by atoms with Gasteiger partial charge in [-0.1, -0.05) is 17.7 Å². The van der Waals surface area contributed by atoms with Crippen molar-refractivity contribution in [3.05, 3.63) is 53.1 Å². The van der Waals surface area contributed by atoms with Gasteiger partial charge in [0.15, 0.2) is 0 Å². The van der Waals surface area contributed by atoms with Gasteiger partial charge in [-0.25, -0.2) is 0 Å². The number of carbonyl (C=O) groups is 2. The Bertz CT molecular complexity index is 1230. The van der Waals surface area contributed by atoms with Gasteiger partial charge in [-0.3, -0.25) is 14.3 Å². The molecule has 0 unspecified atom stereocenters. The molecule has 1 aromatic heterocycles. The molecule has 1 N–H and O–H groups in total. The molecule has 174 valence electrons. The zero-order valence-corrected chi connectivity index (χ0v) is 18.3. The second-order valence-corrected chi connectivity index (χ2v) is 8.42. The minimum Gasteiger partial charge on any atom is -0.480 e. The quantitative estimate of drug-likeness (QED) is 0.547. The van der Waals surface area contributed by atoms with Gasteiger partial charge >= 0.3 is 12.1 Å². The number of nitrogens with zero attached hydrogens (tertiary/aromatic N) is 3. The number of carboxylic acid groups (broad SMARTS) is 1. The first-order valence-corrected chi connectivity index (χ1v) is 10.8. The summed E-state index contributed by atoms with van der Waals surface area (Å²) in [5, 5.41) is 14.4. The fourth-order valence-electron chi connectivity index (χ4n) is 4.01. The molecule has 0 radical (unpaired) electrons. The third kappa shape index (κ3) is 4.72. The van der Waals surface area contributed by atoms with Crippen LogP contribution in [-0.4, -0.2) is 38.2 Å². The predicted molar refractivity (Wildman–Crippen MR) is 116 cm³/mol. The molecule has 0 bridgehead atoms. The number of hydrogen-bond acceptors (Lipinski definition) is 3. The Morgan fingerprint density at radius 2 is 1.91 bits per heavy atom. The van der Waals surface area contributed by atoms with E-state index < -0.39 is 17.7 Å². The summed E-state index contributed by atoms with van der Waals surface area (Å²) in [4.78, 5) is 25.6. The maximum absolute atomic E-state index is 13.5. The maximum atomic E-state index is 13.5. The summed E-state index contributed by atoms with van der Waals surface area (Å²) in [5.41, 5.74) is 1.85. The van der Waals surface area contributed by atoms with E-state index in [1.165, 1.54) is 10.7 Å². The monoisotopic (exact) mass is 459 g/mol. The lowest BCUT2D eigenvalue weighted by molar-refractivity contribution is -0.138. The van der Waals surface area contributed by atoms with Gasteiger partial charge in [0.05, 0.1) is 11.1 Å². The SMILES string of the molecule is CCN(Cc1cc(C(F)(F)F)ccc1-c1nn(CC(=O)O)c2ccc(C)cc12)C(=O)C1CC1. The molecule has 2 aromatic carbocycles. The number of halogens is 3. The molecule has 9 heteroatoms.